The predicted octanol–water partition coefficient (Wildman–Crippen LogP) is 6.93. The number of hydrogen-bond donors (Lipinski definition) is 2. The van der Waals surface area contributed by atoms with Gasteiger partial charge < -0.3 is 9.88 Å². The van der Waals surface area contributed by atoms with Crippen molar-refractivity contribution in [2.75, 3.05) is 12.0 Å². The fraction of sp³-hybridized carbons (Fsp3) is 0.370. The van der Waals surface area contributed by atoms with E-state index in [1.165, 1.54) is 29.5 Å². The van der Waals surface area contributed by atoms with E-state index in [0.29, 0.717) is 12.1 Å². The lowest BCUT2D eigenvalue weighted by molar-refractivity contribution is -0.137. The molecule has 0 bridgehead atoms. The zero-order valence-electron chi connectivity index (χ0n) is 19.7. The second kappa shape index (κ2) is 8.82. The topological polar surface area (TPSA) is 41.4 Å². The predicted molar refractivity (Wildman–Crippen MR) is 131 cm³/mol. The normalized spacial score (nSPS) is 23.6. The van der Waals surface area contributed by atoms with Gasteiger partial charge in [-0.3, -0.25) is 5.43 Å². The van der Waals surface area contributed by atoms with E-state index in [2.05, 4.69) is 40.3 Å². The van der Waals surface area contributed by atoms with Gasteiger partial charge in [0, 0.05) is 17.1 Å². The highest BCUT2D eigenvalue weighted by Crippen LogP contribution is 2.42. The van der Waals surface area contributed by atoms with Crippen LogP contribution in [0.3, 0.4) is 0 Å². The molecule has 0 saturated carbocycles. The zero-order chi connectivity index (χ0) is 24.8. The lowest BCUT2D eigenvalue weighted by Gasteiger charge is -2.37. The number of anilines is 1. The third kappa shape index (κ3) is 4.35. The van der Waals surface area contributed by atoms with E-state index in [1.54, 1.807) is 6.07 Å². The zero-order valence-corrected chi connectivity index (χ0v) is 19.7. The van der Waals surface area contributed by atoms with Gasteiger partial charge in [0.05, 0.1) is 28.0 Å². The summed E-state index contributed by atoms with van der Waals surface area (Å²) in [5.41, 5.74) is 6.54. The Labute approximate surface area is 201 Å². The van der Waals surface area contributed by atoms with Crippen LogP contribution in [-0.4, -0.2) is 16.8 Å². The fourth-order valence-electron chi connectivity index (χ4n) is 5.31. The SMILES string of the molecule is CC[C@@H]1NCCc2c1n([C@]1(C)C=C/C(=N\Nc3ccc(C(F)(F)F)cc3)CC1)c1cc(F)ccc21. The molecule has 0 spiro atoms. The van der Waals surface area contributed by atoms with Crippen molar-refractivity contribution in [3.63, 3.8) is 0 Å². The van der Waals surface area contributed by atoms with Gasteiger partial charge in [0.2, 0.25) is 0 Å². The first-order chi connectivity index (χ1) is 16.7. The number of alkyl halides is 3. The molecule has 184 valence electrons. The van der Waals surface area contributed by atoms with Crippen molar-refractivity contribution in [3.05, 3.63) is 77.3 Å². The van der Waals surface area contributed by atoms with Gasteiger partial charge in [-0.25, -0.2) is 4.39 Å². The van der Waals surface area contributed by atoms with Crippen molar-refractivity contribution >= 4 is 22.3 Å². The molecule has 2 atom stereocenters. The molecule has 0 saturated heterocycles. The highest BCUT2D eigenvalue weighted by molar-refractivity contribution is 5.96. The molecule has 1 aromatic heterocycles. The summed E-state index contributed by atoms with van der Waals surface area (Å²) in [6, 6.07) is 10.1. The Balaban J connectivity index is 1.45. The second-order valence-corrected chi connectivity index (χ2v) is 9.51. The standard InChI is InChI=1S/C27H28F4N4/c1-3-23-25-22(12-15-32-23)21-9-6-18(28)16-24(21)35(25)26(2)13-10-20(11-14-26)34-33-19-7-4-17(5-8-19)27(29,30)31/h4-10,13,16,23,32-33H,3,11-12,14-15H2,1-2H3/b34-20+/t23-,26+/m0/s1. The van der Waals surface area contributed by atoms with E-state index in [0.717, 1.165) is 54.6 Å². The minimum absolute atomic E-state index is 0.204. The van der Waals surface area contributed by atoms with E-state index in [1.807, 2.05) is 12.1 Å². The Bertz CT molecular complexity index is 1300. The van der Waals surface area contributed by atoms with Crippen LogP contribution in [0.25, 0.3) is 10.9 Å². The minimum atomic E-state index is -4.36. The Morgan fingerprint density at radius 3 is 2.57 bits per heavy atom. The van der Waals surface area contributed by atoms with Crippen LogP contribution in [-0.2, 0) is 18.1 Å². The highest BCUT2D eigenvalue weighted by atomic mass is 19.4. The lowest BCUT2D eigenvalue weighted by atomic mass is 9.87. The monoisotopic (exact) mass is 484 g/mol. The first kappa shape index (κ1) is 23.6. The molecule has 0 unspecified atom stereocenters. The molecule has 5 rings (SSSR count). The first-order valence-corrected chi connectivity index (χ1v) is 12.0. The molecule has 0 amide bonds. The molecule has 0 fully saturated rings. The average Bonchev–Trinajstić information content (AvgIpc) is 3.17. The van der Waals surface area contributed by atoms with Gasteiger partial charge in [-0.05, 0) is 93.3 Å². The summed E-state index contributed by atoms with van der Waals surface area (Å²) in [4.78, 5) is 0. The number of halogens is 4. The molecule has 2 N–H and O–H groups in total. The molecule has 1 aliphatic heterocycles. The van der Waals surface area contributed by atoms with Crippen molar-refractivity contribution in [2.24, 2.45) is 5.10 Å². The highest BCUT2D eigenvalue weighted by Gasteiger charge is 2.36. The summed E-state index contributed by atoms with van der Waals surface area (Å²) >= 11 is 0. The molecule has 1 aliphatic carbocycles. The largest absolute Gasteiger partial charge is 0.416 e. The van der Waals surface area contributed by atoms with Gasteiger partial charge in [0.25, 0.3) is 0 Å². The number of nitrogens with zero attached hydrogens (tertiary/aromatic N) is 2. The van der Waals surface area contributed by atoms with Crippen LogP contribution in [0.5, 0.6) is 0 Å². The summed E-state index contributed by atoms with van der Waals surface area (Å²) in [5, 5.41) is 9.13. The van der Waals surface area contributed by atoms with E-state index >= 15 is 0 Å². The van der Waals surface area contributed by atoms with Gasteiger partial charge in [-0.2, -0.15) is 18.3 Å². The molecule has 4 nitrogen and oxygen atoms in total. The molecule has 8 heteroatoms. The first-order valence-electron chi connectivity index (χ1n) is 12.0. The number of aromatic nitrogens is 1. The van der Waals surface area contributed by atoms with Crippen molar-refractivity contribution in [1.29, 1.82) is 0 Å². The maximum atomic E-state index is 14.3. The van der Waals surface area contributed by atoms with E-state index in [4.69, 9.17) is 0 Å². The van der Waals surface area contributed by atoms with Gasteiger partial charge in [-0.1, -0.05) is 13.0 Å². The van der Waals surface area contributed by atoms with Crippen molar-refractivity contribution in [1.82, 2.24) is 9.88 Å². The number of hydrogen-bond acceptors (Lipinski definition) is 3. The summed E-state index contributed by atoms with van der Waals surface area (Å²) in [7, 11) is 0. The Hall–Kier alpha value is -3.13. The van der Waals surface area contributed by atoms with Crippen LogP contribution in [0.4, 0.5) is 23.2 Å². The Kier molecular flexibility index (Phi) is 5.95. The summed E-state index contributed by atoms with van der Waals surface area (Å²) in [5.74, 6) is -0.249. The molecule has 2 heterocycles. The van der Waals surface area contributed by atoms with Crippen molar-refractivity contribution in [3.8, 4) is 0 Å². The van der Waals surface area contributed by atoms with E-state index < -0.39 is 11.7 Å². The number of nitrogens with one attached hydrogen (secondary N) is 2. The third-order valence-corrected chi connectivity index (χ3v) is 7.15. The minimum Gasteiger partial charge on any atom is -0.333 e. The number of rotatable bonds is 4. The molecule has 2 aliphatic rings. The van der Waals surface area contributed by atoms with Crippen LogP contribution in [0, 0.1) is 5.82 Å². The molecular weight excluding hydrogens is 456 g/mol. The van der Waals surface area contributed by atoms with Crippen molar-refractivity contribution in [2.45, 2.75) is 57.3 Å². The van der Waals surface area contributed by atoms with Crippen LogP contribution < -0.4 is 10.7 Å². The van der Waals surface area contributed by atoms with Crippen molar-refractivity contribution < 1.29 is 17.6 Å². The summed E-state index contributed by atoms with van der Waals surface area (Å²) < 4.78 is 55.0. The Morgan fingerprint density at radius 1 is 1.14 bits per heavy atom. The number of benzene rings is 2. The number of hydrazone groups is 1. The lowest BCUT2D eigenvalue weighted by Crippen LogP contribution is -2.37. The van der Waals surface area contributed by atoms with E-state index in [9.17, 15) is 17.6 Å². The maximum absolute atomic E-state index is 14.3. The van der Waals surface area contributed by atoms with Gasteiger partial charge >= 0.3 is 6.18 Å². The van der Waals surface area contributed by atoms with Gasteiger partial charge in [-0.15, -0.1) is 0 Å². The third-order valence-electron chi connectivity index (χ3n) is 7.15. The van der Waals surface area contributed by atoms with Gasteiger partial charge in [0.1, 0.15) is 5.82 Å². The van der Waals surface area contributed by atoms with Crippen LogP contribution in [0.1, 0.15) is 56.0 Å². The summed E-state index contributed by atoms with van der Waals surface area (Å²) in [6.07, 6.45) is 2.98. The summed E-state index contributed by atoms with van der Waals surface area (Å²) in [6.45, 7) is 5.22. The van der Waals surface area contributed by atoms with Crippen LogP contribution in [0.15, 0.2) is 59.7 Å². The Morgan fingerprint density at radius 2 is 1.91 bits per heavy atom. The van der Waals surface area contributed by atoms with Gasteiger partial charge in [0.15, 0.2) is 0 Å². The average molecular weight is 485 g/mol. The quantitative estimate of drug-likeness (QED) is 0.311. The van der Waals surface area contributed by atoms with Crippen LogP contribution >= 0.6 is 0 Å². The maximum Gasteiger partial charge on any atom is 0.416 e. The molecule has 35 heavy (non-hydrogen) atoms. The van der Waals surface area contributed by atoms with E-state index in [-0.39, 0.29) is 17.4 Å². The number of allylic oxidation sites excluding steroid dienone is 2. The van der Waals surface area contributed by atoms with Crippen LogP contribution in [0.2, 0.25) is 0 Å². The fourth-order valence-corrected chi connectivity index (χ4v) is 5.31. The molecule has 2 aromatic carbocycles. The smallest absolute Gasteiger partial charge is 0.333 e. The second-order valence-electron chi connectivity index (χ2n) is 9.51. The number of fused-ring (bicyclic) bond motifs is 3. The molecule has 3 aromatic rings. The molecular formula is C27H28F4N4. The molecule has 0 radical (unpaired) electrons.